The van der Waals surface area contributed by atoms with Crippen LogP contribution in [0.2, 0.25) is 0 Å². The maximum absolute atomic E-state index is 9.06. The van der Waals surface area contributed by atoms with Crippen molar-refractivity contribution >= 4 is 0 Å². The minimum absolute atomic E-state index is 0.359. The van der Waals surface area contributed by atoms with Crippen molar-refractivity contribution in [3.8, 4) is 6.07 Å². The van der Waals surface area contributed by atoms with E-state index in [0.717, 1.165) is 37.2 Å². The van der Waals surface area contributed by atoms with E-state index in [1.807, 2.05) is 24.3 Å². The molecule has 1 aliphatic heterocycles. The molecule has 1 aliphatic rings. The van der Waals surface area contributed by atoms with E-state index in [2.05, 4.69) is 18.0 Å². The number of ether oxygens (including phenoxy) is 1. The Morgan fingerprint density at radius 3 is 2.94 bits per heavy atom. The van der Waals surface area contributed by atoms with Crippen LogP contribution in [-0.2, 0) is 11.3 Å². The van der Waals surface area contributed by atoms with Gasteiger partial charge in [-0.15, -0.1) is 0 Å². The van der Waals surface area contributed by atoms with Gasteiger partial charge in [-0.1, -0.05) is 18.2 Å². The van der Waals surface area contributed by atoms with Crippen LogP contribution in [0.15, 0.2) is 24.3 Å². The summed E-state index contributed by atoms with van der Waals surface area (Å²) >= 11 is 0. The summed E-state index contributed by atoms with van der Waals surface area (Å²) in [6.07, 6.45) is 3.98. The van der Waals surface area contributed by atoms with Crippen molar-refractivity contribution in [2.45, 2.75) is 31.9 Å². The van der Waals surface area contributed by atoms with Gasteiger partial charge in [0.1, 0.15) is 0 Å². The van der Waals surface area contributed by atoms with Gasteiger partial charge in [-0.25, -0.2) is 0 Å². The quantitative estimate of drug-likeness (QED) is 0.816. The first-order chi connectivity index (χ1) is 8.79. The Morgan fingerprint density at radius 2 is 2.22 bits per heavy atom. The Bertz CT molecular complexity index is 419. The zero-order valence-corrected chi connectivity index (χ0v) is 10.9. The highest BCUT2D eigenvalue weighted by atomic mass is 16.5. The van der Waals surface area contributed by atoms with Crippen LogP contribution in [0.3, 0.4) is 0 Å². The third kappa shape index (κ3) is 3.56. The first-order valence-electron chi connectivity index (χ1n) is 6.58. The first-order valence-corrected chi connectivity index (χ1v) is 6.58. The van der Waals surface area contributed by atoms with Crippen molar-refractivity contribution < 1.29 is 4.74 Å². The maximum Gasteiger partial charge on any atom is 0.0995 e. The largest absolute Gasteiger partial charge is 0.377 e. The SMILES string of the molecule is CN(Cc1ccccc1C#N)CC1CCCCO1. The lowest BCUT2D eigenvalue weighted by Gasteiger charge is -2.27. The van der Waals surface area contributed by atoms with Gasteiger partial charge in [0.2, 0.25) is 0 Å². The third-order valence-electron chi connectivity index (χ3n) is 3.37. The normalized spacial score (nSPS) is 19.7. The molecule has 0 N–H and O–H groups in total. The molecular formula is C15H20N2O. The molecule has 96 valence electrons. The molecule has 1 aromatic rings. The fourth-order valence-corrected chi connectivity index (χ4v) is 2.42. The van der Waals surface area contributed by atoms with Gasteiger partial charge in [0.05, 0.1) is 17.7 Å². The fraction of sp³-hybridized carbons (Fsp3) is 0.533. The lowest BCUT2D eigenvalue weighted by molar-refractivity contribution is -0.00260. The van der Waals surface area contributed by atoms with Gasteiger partial charge in [-0.05, 0) is 37.9 Å². The van der Waals surface area contributed by atoms with Crippen molar-refractivity contribution in [1.29, 1.82) is 5.26 Å². The first kappa shape index (κ1) is 13.1. The number of hydrogen-bond acceptors (Lipinski definition) is 3. The summed E-state index contributed by atoms with van der Waals surface area (Å²) in [7, 11) is 2.09. The molecule has 0 spiro atoms. The molecule has 0 aliphatic carbocycles. The fourth-order valence-electron chi connectivity index (χ4n) is 2.42. The smallest absolute Gasteiger partial charge is 0.0995 e. The summed E-state index contributed by atoms with van der Waals surface area (Å²) in [6, 6.07) is 10.0. The Hall–Kier alpha value is -1.37. The third-order valence-corrected chi connectivity index (χ3v) is 3.37. The van der Waals surface area contributed by atoms with Crippen molar-refractivity contribution in [2.24, 2.45) is 0 Å². The molecule has 0 aromatic heterocycles. The Morgan fingerprint density at radius 1 is 1.39 bits per heavy atom. The minimum atomic E-state index is 0.359. The lowest BCUT2D eigenvalue weighted by Crippen LogP contribution is -2.33. The van der Waals surface area contributed by atoms with E-state index in [4.69, 9.17) is 10.00 Å². The minimum Gasteiger partial charge on any atom is -0.377 e. The number of hydrogen-bond donors (Lipinski definition) is 0. The van der Waals surface area contributed by atoms with E-state index in [9.17, 15) is 0 Å². The van der Waals surface area contributed by atoms with Crippen LogP contribution in [0, 0.1) is 11.3 Å². The summed E-state index contributed by atoms with van der Waals surface area (Å²) in [6.45, 7) is 2.65. The summed E-state index contributed by atoms with van der Waals surface area (Å²) in [5.74, 6) is 0. The molecule has 1 saturated heterocycles. The molecule has 0 radical (unpaired) electrons. The maximum atomic E-state index is 9.06. The summed E-state index contributed by atoms with van der Waals surface area (Å²) in [5.41, 5.74) is 1.87. The van der Waals surface area contributed by atoms with Gasteiger partial charge in [0.15, 0.2) is 0 Å². The molecule has 1 heterocycles. The highest BCUT2D eigenvalue weighted by Gasteiger charge is 2.16. The second-order valence-corrected chi connectivity index (χ2v) is 4.95. The Labute approximate surface area is 109 Å². The average Bonchev–Trinajstić information content (AvgIpc) is 2.40. The van der Waals surface area contributed by atoms with E-state index in [0.29, 0.717) is 6.10 Å². The number of nitriles is 1. The van der Waals surface area contributed by atoms with Gasteiger partial charge < -0.3 is 4.74 Å². The predicted octanol–water partition coefficient (Wildman–Crippen LogP) is 2.56. The molecule has 0 bridgehead atoms. The van der Waals surface area contributed by atoms with E-state index >= 15 is 0 Å². The summed E-state index contributed by atoms with van der Waals surface area (Å²) in [5, 5.41) is 9.06. The zero-order valence-electron chi connectivity index (χ0n) is 10.9. The molecule has 1 aromatic carbocycles. The summed E-state index contributed by atoms with van der Waals surface area (Å²) < 4.78 is 5.74. The monoisotopic (exact) mass is 244 g/mol. The molecule has 3 nitrogen and oxygen atoms in total. The topological polar surface area (TPSA) is 36.3 Å². The molecule has 18 heavy (non-hydrogen) atoms. The number of benzene rings is 1. The van der Waals surface area contributed by atoms with Gasteiger partial charge in [-0.2, -0.15) is 5.26 Å². The summed E-state index contributed by atoms with van der Waals surface area (Å²) in [4.78, 5) is 2.24. The Kier molecular flexibility index (Phi) is 4.74. The number of likely N-dealkylation sites (N-methyl/N-ethyl adjacent to an activating group) is 1. The average molecular weight is 244 g/mol. The number of nitrogens with zero attached hydrogens (tertiary/aromatic N) is 2. The van der Waals surface area contributed by atoms with Crippen LogP contribution in [0.5, 0.6) is 0 Å². The van der Waals surface area contributed by atoms with Gasteiger partial charge in [0, 0.05) is 19.7 Å². The molecular weight excluding hydrogens is 224 g/mol. The number of rotatable bonds is 4. The van der Waals surface area contributed by atoms with Crippen LogP contribution in [-0.4, -0.2) is 31.2 Å². The van der Waals surface area contributed by atoms with E-state index in [1.165, 1.54) is 12.8 Å². The van der Waals surface area contributed by atoms with Gasteiger partial charge in [0.25, 0.3) is 0 Å². The van der Waals surface area contributed by atoms with E-state index in [-0.39, 0.29) is 0 Å². The predicted molar refractivity (Wildman–Crippen MR) is 71.1 cm³/mol. The van der Waals surface area contributed by atoms with Gasteiger partial charge in [-0.3, -0.25) is 4.90 Å². The van der Waals surface area contributed by atoms with E-state index in [1.54, 1.807) is 0 Å². The molecule has 0 amide bonds. The second kappa shape index (κ2) is 6.53. The van der Waals surface area contributed by atoms with Crippen molar-refractivity contribution in [2.75, 3.05) is 20.2 Å². The lowest BCUT2D eigenvalue weighted by atomic mass is 10.1. The standard InChI is InChI=1S/C15H20N2O/c1-17(12-15-8-4-5-9-18-15)11-14-7-3-2-6-13(14)10-16/h2-3,6-7,15H,4-5,8-9,11-12H2,1H3. The molecule has 2 rings (SSSR count). The van der Waals surface area contributed by atoms with E-state index < -0.39 is 0 Å². The highest BCUT2D eigenvalue weighted by molar-refractivity contribution is 5.37. The molecule has 0 saturated carbocycles. The molecule has 1 fully saturated rings. The van der Waals surface area contributed by atoms with Crippen molar-refractivity contribution in [3.05, 3.63) is 35.4 Å². The molecule has 3 heteroatoms. The highest BCUT2D eigenvalue weighted by Crippen LogP contribution is 2.15. The van der Waals surface area contributed by atoms with Crippen LogP contribution in [0.1, 0.15) is 30.4 Å². The Balaban J connectivity index is 1.90. The zero-order chi connectivity index (χ0) is 12.8. The van der Waals surface area contributed by atoms with Crippen LogP contribution in [0.25, 0.3) is 0 Å². The van der Waals surface area contributed by atoms with Gasteiger partial charge >= 0.3 is 0 Å². The molecule has 1 unspecified atom stereocenters. The van der Waals surface area contributed by atoms with Crippen LogP contribution >= 0.6 is 0 Å². The second-order valence-electron chi connectivity index (χ2n) is 4.95. The van der Waals surface area contributed by atoms with Crippen LogP contribution < -0.4 is 0 Å². The van der Waals surface area contributed by atoms with Crippen LogP contribution in [0.4, 0.5) is 0 Å². The van der Waals surface area contributed by atoms with Crippen molar-refractivity contribution in [3.63, 3.8) is 0 Å². The molecule has 1 atom stereocenters. The van der Waals surface area contributed by atoms with Crippen molar-refractivity contribution in [1.82, 2.24) is 4.90 Å².